The highest BCUT2D eigenvalue weighted by molar-refractivity contribution is 5.70. The van der Waals surface area contributed by atoms with Crippen LogP contribution in [0.2, 0.25) is 0 Å². The van der Waals surface area contributed by atoms with Crippen LogP contribution in [-0.2, 0) is 31.1 Å². The van der Waals surface area contributed by atoms with Gasteiger partial charge in [0.1, 0.15) is 18.9 Å². The average molecular weight is 550 g/mol. The molecule has 2 aliphatic carbocycles. The second kappa shape index (κ2) is 11.2. The standard InChI is InChI=1S/C32H40N2O6/c1-23(35)39-29-11-7-10-27(18-29)31-16-17-34(3,20-25-12-13-25)22-32(31,40-24(2)36)15-14-28(19-31)33-30(37)38-21-26-8-5-4-6-9-26/h4-11,18,25,28H,12-17,19-22H2,1-3H3/p+1/t28-,31-,32?,34+/m0/s1. The number of piperidine rings is 1. The van der Waals surface area contributed by atoms with Crippen molar-refractivity contribution >= 4 is 18.0 Å². The highest BCUT2D eigenvalue weighted by Gasteiger charge is 2.65. The van der Waals surface area contributed by atoms with E-state index in [4.69, 9.17) is 14.2 Å². The molecule has 8 nitrogen and oxygen atoms in total. The lowest BCUT2D eigenvalue weighted by molar-refractivity contribution is -0.924. The lowest BCUT2D eigenvalue weighted by atomic mass is 9.54. The molecule has 1 unspecified atom stereocenters. The number of alkyl carbamates (subject to hydrolysis) is 1. The minimum atomic E-state index is -0.748. The summed E-state index contributed by atoms with van der Waals surface area (Å²) in [5.74, 6) is 0.516. The van der Waals surface area contributed by atoms with Crippen LogP contribution in [0.25, 0.3) is 0 Å². The third-order valence-electron chi connectivity index (χ3n) is 9.00. The molecule has 1 aliphatic heterocycles. The van der Waals surface area contributed by atoms with E-state index >= 15 is 0 Å². The first-order valence-electron chi connectivity index (χ1n) is 14.4. The molecule has 2 aromatic rings. The van der Waals surface area contributed by atoms with Gasteiger partial charge in [-0.15, -0.1) is 0 Å². The molecular formula is C32H41N2O6+. The zero-order valence-electron chi connectivity index (χ0n) is 23.8. The number of benzene rings is 2. The molecule has 0 aromatic heterocycles. The highest BCUT2D eigenvalue weighted by atomic mass is 16.6. The molecule has 4 atom stereocenters. The molecule has 3 aliphatic rings. The zero-order valence-corrected chi connectivity index (χ0v) is 23.8. The average Bonchev–Trinajstić information content (AvgIpc) is 3.71. The Labute approximate surface area is 236 Å². The fourth-order valence-electron chi connectivity index (χ4n) is 7.21. The van der Waals surface area contributed by atoms with Gasteiger partial charge in [-0.1, -0.05) is 42.5 Å². The number of quaternary nitrogens is 1. The molecule has 0 radical (unpaired) electrons. The molecule has 0 spiro atoms. The maximum atomic E-state index is 12.9. The molecule has 214 valence electrons. The predicted octanol–water partition coefficient (Wildman–Crippen LogP) is 4.89. The number of fused-ring (bicyclic) bond motifs is 1. The van der Waals surface area contributed by atoms with Gasteiger partial charge in [-0.2, -0.15) is 0 Å². The van der Waals surface area contributed by atoms with Gasteiger partial charge in [-0.05, 0) is 55.4 Å². The molecule has 1 N–H and O–H groups in total. The Kier molecular flexibility index (Phi) is 7.91. The first-order chi connectivity index (χ1) is 19.1. The van der Waals surface area contributed by atoms with Crippen molar-refractivity contribution in [3.05, 3.63) is 65.7 Å². The smallest absolute Gasteiger partial charge is 0.407 e. The van der Waals surface area contributed by atoms with E-state index in [-0.39, 0.29) is 24.6 Å². The second-order valence-electron chi connectivity index (χ2n) is 12.3. The van der Waals surface area contributed by atoms with Crippen LogP contribution < -0.4 is 10.1 Å². The van der Waals surface area contributed by atoms with Gasteiger partial charge in [0.25, 0.3) is 0 Å². The third kappa shape index (κ3) is 6.17. The molecule has 0 bridgehead atoms. The largest absolute Gasteiger partial charge is 0.452 e. The molecule has 1 heterocycles. The van der Waals surface area contributed by atoms with Crippen molar-refractivity contribution in [3.8, 4) is 5.75 Å². The number of ether oxygens (including phenoxy) is 3. The summed E-state index contributed by atoms with van der Waals surface area (Å²) in [6.07, 6.45) is 4.73. The topological polar surface area (TPSA) is 90.9 Å². The summed E-state index contributed by atoms with van der Waals surface area (Å²) in [5, 5.41) is 3.10. The van der Waals surface area contributed by atoms with Gasteiger partial charge in [-0.3, -0.25) is 9.59 Å². The van der Waals surface area contributed by atoms with Gasteiger partial charge in [0.05, 0.1) is 20.1 Å². The van der Waals surface area contributed by atoms with Gasteiger partial charge in [-0.25, -0.2) is 4.79 Å². The lowest BCUT2D eigenvalue weighted by Gasteiger charge is -2.60. The second-order valence-corrected chi connectivity index (χ2v) is 12.3. The Morgan fingerprint density at radius 1 is 0.975 bits per heavy atom. The fraction of sp³-hybridized carbons (Fsp3) is 0.531. The first-order valence-corrected chi connectivity index (χ1v) is 14.4. The van der Waals surface area contributed by atoms with E-state index in [0.717, 1.165) is 41.0 Å². The minimum Gasteiger partial charge on any atom is -0.452 e. The Hall–Kier alpha value is -3.39. The summed E-state index contributed by atoms with van der Waals surface area (Å²) in [6.45, 7) is 5.80. The molecule has 8 heteroatoms. The summed E-state index contributed by atoms with van der Waals surface area (Å²) in [4.78, 5) is 37.3. The van der Waals surface area contributed by atoms with Crippen molar-refractivity contribution in [2.75, 3.05) is 26.7 Å². The molecule has 1 saturated heterocycles. The SMILES string of the molecule is CC(=O)Oc1cccc([C@@]23CC[N@+](C)(CC4CC4)CC2(OC(C)=O)CC[C@H](NC(=O)OCc2ccccc2)C3)c1. The third-order valence-corrected chi connectivity index (χ3v) is 9.00. The number of carbonyl (C=O) groups excluding carboxylic acids is 3. The molecule has 1 amide bonds. The summed E-state index contributed by atoms with van der Waals surface area (Å²) >= 11 is 0. The number of esters is 2. The monoisotopic (exact) mass is 549 g/mol. The van der Waals surface area contributed by atoms with Gasteiger partial charge in [0.15, 0.2) is 5.60 Å². The van der Waals surface area contributed by atoms with Crippen LogP contribution in [0.15, 0.2) is 54.6 Å². The number of hydrogen-bond donors (Lipinski definition) is 1. The Bertz CT molecular complexity index is 1250. The van der Waals surface area contributed by atoms with Crippen molar-refractivity contribution in [3.63, 3.8) is 0 Å². The van der Waals surface area contributed by atoms with Gasteiger partial charge in [0.2, 0.25) is 0 Å². The van der Waals surface area contributed by atoms with Crippen LogP contribution in [0.1, 0.15) is 63.5 Å². The molecule has 40 heavy (non-hydrogen) atoms. The van der Waals surface area contributed by atoms with Crippen LogP contribution in [0.5, 0.6) is 5.75 Å². The Morgan fingerprint density at radius 2 is 1.75 bits per heavy atom. The van der Waals surface area contributed by atoms with E-state index in [0.29, 0.717) is 31.6 Å². The number of amides is 1. The summed E-state index contributed by atoms with van der Waals surface area (Å²) < 4.78 is 18.3. The summed E-state index contributed by atoms with van der Waals surface area (Å²) in [5.41, 5.74) is 0.580. The number of rotatable bonds is 8. The van der Waals surface area contributed by atoms with Crippen molar-refractivity contribution in [1.82, 2.24) is 5.32 Å². The number of nitrogens with zero attached hydrogens (tertiary/aromatic N) is 1. The number of likely N-dealkylation sites (N-methyl/N-ethyl adjacent to an activating group) is 1. The van der Waals surface area contributed by atoms with Crippen molar-refractivity contribution in [1.29, 1.82) is 0 Å². The van der Waals surface area contributed by atoms with Crippen LogP contribution >= 0.6 is 0 Å². The molecule has 3 fully saturated rings. The van der Waals surface area contributed by atoms with E-state index in [1.807, 2.05) is 48.5 Å². The summed E-state index contributed by atoms with van der Waals surface area (Å²) in [7, 11) is 2.29. The van der Waals surface area contributed by atoms with Crippen LogP contribution in [0.3, 0.4) is 0 Å². The number of likely N-dealkylation sites (tertiary alicyclic amines) is 1. The van der Waals surface area contributed by atoms with Gasteiger partial charge in [0, 0.05) is 37.6 Å². The van der Waals surface area contributed by atoms with E-state index in [1.165, 1.54) is 26.7 Å². The van der Waals surface area contributed by atoms with Gasteiger partial charge < -0.3 is 24.0 Å². The Balaban J connectivity index is 1.45. The normalized spacial score (nSPS) is 29.5. The lowest BCUT2D eigenvalue weighted by Crippen LogP contribution is -2.72. The van der Waals surface area contributed by atoms with E-state index in [2.05, 4.69) is 12.4 Å². The van der Waals surface area contributed by atoms with Crippen LogP contribution in [0, 0.1) is 5.92 Å². The highest BCUT2D eigenvalue weighted by Crippen LogP contribution is 2.55. The quantitative estimate of drug-likeness (QED) is 0.286. The zero-order chi connectivity index (χ0) is 28.4. The number of nitrogens with one attached hydrogen (secondary N) is 1. The van der Waals surface area contributed by atoms with Crippen molar-refractivity contribution in [2.45, 2.75) is 76.0 Å². The van der Waals surface area contributed by atoms with E-state index < -0.39 is 17.1 Å². The molecule has 5 rings (SSSR count). The maximum Gasteiger partial charge on any atom is 0.407 e. The first kappa shape index (κ1) is 28.1. The minimum absolute atomic E-state index is 0.162. The molecular weight excluding hydrogens is 508 g/mol. The predicted molar refractivity (Wildman–Crippen MR) is 149 cm³/mol. The van der Waals surface area contributed by atoms with Crippen molar-refractivity contribution < 1.29 is 33.1 Å². The molecule has 2 aromatic carbocycles. The summed E-state index contributed by atoms with van der Waals surface area (Å²) in [6, 6.07) is 17.0. The van der Waals surface area contributed by atoms with Crippen LogP contribution in [-0.4, -0.2) is 60.8 Å². The van der Waals surface area contributed by atoms with Crippen molar-refractivity contribution in [2.24, 2.45) is 5.92 Å². The van der Waals surface area contributed by atoms with E-state index in [1.54, 1.807) is 6.07 Å². The number of carbonyl (C=O) groups is 3. The van der Waals surface area contributed by atoms with E-state index in [9.17, 15) is 14.4 Å². The van der Waals surface area contributed by atoms with Gasteiger partial charge >= 0.3 is 18.0 Å². The Morgan fingerprint density at radius 3 is 2.45 bits per heavy atom. The number of hydrogen-bond acceptors (Lipinski definition) is 6. The fourth-order valence-corrected chi connectivity index (χ4v) is 7.21. The molecule has 2 saturated carbocycles. The maximum absolute atomic E-state index is 12.9. The van der Waals surface area contributed by atoms with Crippen LogP contribution in [0.4, 0.5) is 4.79 Å².